The molecule has 2 aliphatic heterocycles. The van der Waals surface area contributed by atoms with E-state index in [4.69, 9.17) is 9.47 Å². The molecule has 21 heavy (non-hydrogen) atoms. The summed E-state index contributed by atoms with van der Waals surface area (Å²) in [7, 11) is 0. The van der Waals surface area contributed by atoms with E-state index in [1.165, 1.54) is 6.07 Å². The van der Waals surface area contributed by atoms with Crippen LogP contribution in [0.5, 0.6) is 0 Å². The number of fused-ring (bicyclic) bond motifs is 2. The van der Waals surface area contributed by atoms with Crippen molar-refractivity contribution in [3.05, 3.63) is 35.6 Å². The van der Waals surface area contributed by atoms with Crippen LogP contribution >= 0.6 is 0 Å². The lowest BCUT2D eigenvalue weighted by atomic mass is 9.74. The molecule has 0 spiro atoms. The van der Waals surface area contributed by atoms with Crippen molar-refractivity contribution < 1.29 is 18.7 Å². The van der Waals surface area contributed by atoms with E-state index in [0.29, 0.717) is 18.4 Å². The van der Waals surface area contributed by atoms with Crippen LogP contribution in [0.25, 0.3) is 0 Å². The molecule has 0 saturated carbocycles. The van der Waals surface area contributed by atoms with E-state index in [2.05, 4.69) is 0 Å². The number of Topliss-reactive ketones (excluding diaryl/α,β-unsaturated/α-hetero) is 1. The van der Waals surface area contributed by atoms with Gasteiger partial charge in [-0.15, -0.1) is 0 Å². The highest BCUT2D eigenvalue weighted by Crippen LogP contribution is 2.53. The summed E-state index contributed by atoms with van der Waals surface area (Å²) in [6.07, 6.45) is 0.777. The molecule has 114 valence electrons. The normalized spacial score (nSPS) is 34.9. The second-order valence-corrected chi connectivity index (χ2v) is 6.65. The van der Waals surface area contributed by atoms with E-state index in [9.17, 15) is 9.18 Å². The van der Waals surface area contributed by atoms with Crippen molar-refractivity contribution in [1.82, 2.24) is 0 Å². The number of hydrogen-bond donors (Lipinski definition) is 0. The van der Waals surface area contributed by atoms with E-state index >= 15 is 0 Å². The lowest BCUT2D eigenvalue weighted by Gasteiger charge is -2.30. The van der Waals surface area contributed by atoms with Gasteiger partial charge in [0.2, 0.25) is 0 Å². The zero-order valence-corrected chi connectivity index (χ0v) is 12.7. The Bertz CT molecular complexity index is 571. The highest BCUT2D eigenvalue weighted by Gasteiger charge is 2.65. The van der Waals surface area contributed by atoms with Gasteiger partial charge in [-0.05, 0) is 18.9 Å². The highest BCUT2D eigenvalue weighted by atomic mass is 19.1. The molecule has 2 saturated heterocycles. The number of carbonyl (C=O) groups excluding carboxylic acids is 1. The zero-order chi connectivity index (χ0) is 15.3. The zero-order valence-electron chi connectivity index (χ0n) is 12.7. The quantitative estimate of drug-likeness (QED) is 0.854. The first kappa shape index (κ1) is 14.7. The Kier molecular flexibility index (Phi) is 3.41. The standard InChI is InChI=1S/C17H21FO3/c1-11(2)17-9-15(16(3,21-17)8-14(17)19)20-10-12-6-4-5-7-13(12)18/h4-7,11,15H,8-10H2,1-3H3/t15-,16+,17-/m1/s1. The average molecular weight is 292 g/mol. The predicted octanol–water partition coefficient (Wildman–Crippen LogP) is 3.26. The smallest absolute Gasteiger partial charge is 0.167 e. The van der Waals surface area contributed by atoms with Gasteiger partial charge in [0, 0.05) is 18.4 Å². The molecule has 0 aromatic heterocycles. The second kappa shape index (κ2) is 4.89. The molecule has 1 aromatic rings. The van der Waals surface area contributed by atoms with Crippen LogP contribution in [0.2, 0.25) is 0 Å². The van der Waals surface area contributed by atoms with Crippen LogP contribution in [0, 0.1) is 11.7 Å². The van der Waals surface area contributed by atoms with Gasteiger partial charge in [0.15, 0.2) is 5.78 Å². The summed E-state index contributed by atoms with van der Waals surface area (Å²) in [4.78, 5) is 12.2. The Labute approximate surface area is 124 Å². The van der Waals surface area contributed by atoms with Gasteiger partial charge in [-0.3, -0.25) is 4.79 Å². The Morgan fingerprint density at radius 2 is 2.14 bits per heavy atom. The minimum atomic E-state index is -0.714. The third-order valence-electron chi connectivity index (χ3n) is 4.90. The largest absolute Gasteiger partial charge is 0.370 e. The summed E-state index contributed by atoms with van der Waals surface area (Å²) < 4.78 is 25.6. The van der Waals surface area contributed by atoms with Crippen LogP contribution in [0.1, 0.15) is 39.2 Å². The van der Waals surface area contributed by atoms with Crippen molar-refractivity contribution in [2.45, 2.75) is 57.5 Å². The second-order valence-electron chi connectivity index (χ2n) is 6.65. The van der Waals surface area contributed by atoms with Gasteiger partial charge in [-0.2, -0.15) is 0 Å². The van der Waals surface area contributed by atoms with Crippen LogP contribution in [-0.2, 0) is 20.9 Å². The maximum absolute atomic E-state index is 13.6. The summed E-state index contributed by atoms with van der Waals surface area (Å²) in [5, 5.41) is 0. The summed E-state index contributed by atoms with van der Waals surface area (Å²) >= 11 is 0. The number of hydrogen-bond acceptors (Lipinski definition) is 3. The summed E-state index contributed by atoms with van der Waals surface area (Å²) in [6.45, 7) is 6.14. The molecule has 0 radical (unpaired) electrons. The molecule has 0 N–H and O–H groups in total. The Morgan fingerprint density at radius 3 is 2.76 bits per heavy atom. The first-order chi connectivity index (χ1) is 9.87. The van der Waals surface area contributed by atoms with Crippen LogP contribution in [0.3, 0.4) is 0 Å². The van der Waals surface area contributed by atoms with Crippen molar-refractivity contribution in [1.29, 1.82) is 0 Å². The van der Waals surface area contributed by atoms with Crippen LogP contribution < -0.4 is 0 Å². The lowest BCUT2D eigenvalue weighted by Crippen LogP contribution is -2.44. The molecule has 1 aromatic carbocycles. The molecule has 2 heterocycles. The van der Waals surface area contributed by atoms with E-state index in [0.717, 1.165) is 0 Å². The molecule has 3 nitrogen and oxygen atoms in total. The number of ether oxygens (including phenoxy) is 2. The van der Waals surface area contributed by atoms with E-state index in [-0.39, 0.29) is 30.2 Å². The molecule has 4 heteroatoms. The molecule has 2 fully saturated rings. The third-order valence-corrected chi connectivity index (χ3v) is 4.90. The first-order valence-electron chi connectivity index (χ1n) is 7.46. The third kappa shape index (κ3) is 2.21. The van der Waals surface area contributed by atoms with Crippen molar-refractivity contribution in [3.63, 3.8) is 0 Å². The summed E-state index contributed by atoms with van der Waals surface area (Å²) in [6, 6.07) is 6.60. The number of benzene rings is 1. The maximum Gasteiger partial charge on any atom is 0.167 e. The molecule has 3 atom stereocenters. The number of carbonyl (C=O) groups is 1. The fourth-order valence-electron chi connectivity index (χ4n) is 3.52. The van der Waals surface area contributed by atoms with Crippen molar-refractivity contribution in [2.75, 3.05) is 0 Å². The van der Waals surface area contributed by atoms with Gasteiger partial charge in [-0.1, -0.05) is 32.0 Å². The Hall–Kier alpha value is -1.26. The van der Waals surface area contributed by atoms with Gasteiger partial charge in [0.05, 0.1) is 18.3 Å². The van der Waals surface area contributed by atoms with Crippen molar-refractivity contribution in [3.8, 4) is 0 Å². The molecule has 0 aliphatic carbocycles. The van der Waals surface area contributed by atoms with E-state index in [1.54, 1.807) is 18.2 Å². The molecule has 0 unspecified atom stereocenters. The van der Waals surface area contributed by atoms with Gasteiger partial charge >= 0.3 is 0 Å². The number of rotatable bonds is 4. The van der Waals surface area contributed by atoms with Crippen molar-refractivity contribution >= 4 is 5.78 Å². The molecular formula is C17H21FO3. The summed E-state index contributed by atoms with van der Waals surface area (Å²) in [5.74, 6) is 0.0287. The first-order valence-corrected chi connectivity index (χ1v) is 7.46. The fraction of sp³-hybridized carbons (Fsp3) is 0.588. The van der Waals surface area contributed by atoms with Gasteiger partial charge < -0.3 is 9.47 Å². The van der Waals surface area contributed by atoms with E-state index in [1.807, 2.05) is 20.8 Å². The molecular weight excluding hydrogens is 271 g/mol. The monoisotopic (exact) mass is 292 g/mol. The van der Waals surface area contributed by atoms with Crippen LogP contribution in [-0.4, -0.2) is 23.1 Å². The molecule has 2 bridgehead atoms. The SMILES string of the molecule is CC(C)[C@]12C[C@@H](OCc3ccccc3F)[C@](C)(CC1=O)O2. The van der Waals surface area contributed by atoms with Gasteiger partial charge in [0.25, 0.3) is 0 Å². The van der Waals surface area contributed by atoms with Crippen LogP contribution in [0.15, 0.2) is 24.3 Å². The average Bonchev–Trinajstić information content (AvgIpc) is 2.86. The minimum Gasteiger partial charge on any atom is -0.370 e. The van der Waals surface area contributed by atoms with Crippen LogP contribution in [0.4, 0.5) is 4.39 Å². The Morgan fingerprint density at radius 1 is 1.43 bits per heavy atom. The number of halogens is 1. The minimum absolute atomic E-state index is 0.119. The molecule has 3 rings (SSSR count). The van der Waals surface area contributed by atoms with Crippen molar-refractivity contribution in [2.24, 2.45) is 5.92 Å². The van der Waals surface area contributed by atoms with E-state index < -0.39 is 11.2 Å². The predicted molar refractivity (Wildman–Crippen MR) is 76.3 cm³/mol. The van der Waals surface area contributed by atoms with Gasteiger partial charge in [0.1, 0.15) is 11.4 Å². The fourth-order valence-corrected chi connectivity index (χ4v) is 3.52. The maximum atomic E-state index is 13.6. The van der Waals surface area contributed by atoms with Gasteiger partial charge in [-0.25, -0.2) is 4.39 Å². The summed E-state index contributed by atoms with van der Waals surface area (Å²) in [5.41, 5.74) is -0.754. The molecule has 0 amide bonds. The number of ketones is 1. The topological polar surface area (TPSA) is 35.5 Å². The Balaban J connectivity index is 1.74. The lowest BCUT2D eigenvalue weighted by molar-refractivity contribution is -0.136. The molecule has 2 aliphatic rings. The highest BCUT2D eigenvalue weighted by molar-refractivity contribution is 5.92.